The van der Waals surface area contributed by atoms with Gasteiger partial charge in [-0.3, -0.25) is 0 Å². The van der Waals surface area contributed by atoms with Gasteiger partial charge in [-0.1, -0.05) is 48.5 Å². The van der Waals surface area contributed by atoms with Gasteiger partial charge < -0.3 is 19.1 Å². The van der Waals surface area contributed by atoms with Crippen LogP contribution in [0.3, 0.4) is 0 Å². The second kappa shape index (κ2) is 9.18. The van der Waals surface area contributed by atoms with Crippen molar-refractivity contribution < 1.29 is 23.7 Å². The van der Waals surface area contributed by atoms with E-state index in [0.717, 1.165) is 0 Å². The highest BCUT2D eigenvalue weighted by Crippen LogP contribution is 2.33. The van der Waals surface area contributed by atoms with Crippen molar-refractivity contribution in [1.29, 1.82) is 0 Å². The fraction of sp³-hybridized carbons (Fsp3) is 0.182. The summed E-state index contributed by atoms with van der Waals surface area (Å²) < 4.78 is 13.5. The largest absolute Gasteiger partial charge is 0.473 e. The number of hydrogen-bond acceptors (Lipinski definition) is 2. The standard InChI is InChI=1S/C18H16.C4H4O.H3O4P/c1-3-7-15-13(5-1)9-11-18-16-8-4-2-6-14(16)10-12-17(15)18;1-2-4-5-3-1;1-5(2,3)4/h1,3,5,7,9-12H,2,4,6,8H2;1-4H;(H3,1,2,3,4). The van der Waals surface area contributed by atoms with E-state index in [1.54, 1.807) is 23.7 Å². The third kappa shape index (κ3) is 5.54. The quantitative estimate of drug-likeness (QED) is 0.279. The smallest absolute Gasteiger partial charge is 0.466 e. The van der Waals surface area contributed by atoms with Crippen LogP contribution in [0.15, 0.2) is 77.6 Å². The summed E-state index contributed by atoms with van der Waals surface area (Å²) in [4.78, 5) is 21.6. The van der Waals surface area contributed by atoms with Gasteiger partial charge in [-0.25, -0.2) is 4.57 Å². The molecule has 0 saturated heterocycles. The normalized spacial score (nSPS) is 13.1. The monoisotopic (exact) mass is 398 g/mol. The summed E-state index contributed by atoms with van der Waals surface area (Å²) in [5.41, 5.74) is 3.17. The zero-order valence-corrected chi connectivity index (χ0v) is 16.3. The minimum absolute atomic E-state index is 1.25. The summed E-state index contributed by atoms with van der Waals surface area (Å²) in [7, 11) is -4.64. The summed E-state index contributed by atoms with van der Waals surface area (Å²) in [5.74, 6) is 0. The van der Waals surface area contributed by atoms with E-state index in [-0.39, 0.29) is 0 Å². The van der Waals surface area contributed by atoms with Crippen LogP contribution in [0.25, 0.3) is 21.5 Å². The molecule has 4 aromatic rings. The van der Waals surface area contributed by atoms with Gasteiger partial charge in [-0.2, -0.15) is 0 Å². The average Bonchev–Trinajstić information content (AvgIpc) is 3.26. The molecule has 0 amide bonds. The maximum absolute atomic E-state index is 8.88. The molecule has 0 radical (unpaired) electrons. The lowest BCUT2D eigenvalue weighted by atomic mass is 9.86. The van der Waals surface area contributed by atoms with Crippen LogP contribution in [0, 0.1) is 0 Å². The maximum atomic E-state index is 8.88. The number of fused-ring (bicyclic) bond motifs is 5. The lowest BCUT2D eigenvalue weighted by Gasteiger charge is -2.18. The van der Waals surface area contributed by atoms with Gasteiger partial charge in [-0.05, 0) is 70.5 Å². The molecule has 0 atom stereocenters. The molecule has 1 aliphatic carbocycles. The van der Waals surface area contributed by atoms with E-state index in [2.05, 4.69) is 52.9 Å². The van der Waals surface area contributed by atoms with Crippen molar-refractivity contribution in [3.8, 4) is 0 Å². The molecule has 3 N–H and O–H groups in total. The van der Waals surface area contributed by atoms with Crippen molar-refractivity contribution in [3.05, 3.63) is 84.3 Å². The Labute approximate surface area is 163 Å². The van der Waals surface area contributed by atoms with Crippen molar-refractivity contribution >= 4 is 29.4 Å². The molecule has 5 nitrogen and oxygen atoms in total. The molecular weight excluding hydrogens is 375 g/mol. The first-order valence-electron chi connectivity index (χ1n) is 9.11. The van der Waals surface area contributed by atoms with Gasteiger partial charge in [0.25, 0.3) is 0 Å². The Morgan fingerprint density at radius 3 is 2.04 bits per heavy atom. The third-order valence-corrected chi connectivity index (χ3v) is 4.68. The Balaban J connectivity index is 0.000000187. The highest BCUT2D eigenvalue weighted by atomic mass is 31.2. The first-order valence-corrected chi connectivity index (χ1v) is 10.7. The second-order valence-corrected chi connectivity index (χ2v) is 7.63. The van der Waals surface area contributed by atoms with Gasteiger partial charge in [0.05, 0.1) is 12.5 Å². The predicted molar refractivity (Wildman–Crippen MR) is 111 cm³/mol. The van der Waals surface area contributed by atoms with Crippen LogP contribution in [0.5, 0.6) is 0 Å². The Morgan fingerprint density at radius 1 is 0.714 bits per heavy atom. The fourth-order valence-electron chi connectivity index (χ4n) is 3.57. The predicted octanol–water partition coefficient (Wildman–Crippen LogP) is 5.22. The molecule has 0 bridgehead atoms. The summed E-state index contributed by atoms with van der Waals surface area (Å²) >= 11 is 0. The molecule has 5 rings (SSSR count). The number of aryl methyl sites for hydroxylation is 2. The Kier molecular flexibility index (Phi) is 6.65. The van der Waals surface area contributed by atoms with Crippen molar-refractivity contribution in [2.75, 3.05) is 0 Å². The van der Waals surface area contributed by atoms with Gasteiger partial charge in [0.15, 0.2) is 0 Å². The third-order valence-electron chi connectivity index (χ3n) is 4.68. The first-order chi connectivity index (χ1) is 13.4. The minimum Gasteiger partial charge on any atom is -0.473 e. The number of phosphoric acid groups is 1. The fourth-order valence-corrected chi connectivity index (χ4v) is 3.57. The van der Waals surface area contributed by atoms with Crippen molar-refractivity contribution in [1.82, 2.24) is 0 Å². The van der Waals surface area contributed by atoms with Gasteiger partial charge >= 0.3 is 7.82 Å². The van der Waals surface area contributed by atoms with Gasteiger partial charge in [-0.15, -0.1) is 0 Å². The number of furan rings is 1. The van der Waals surface area contributed by atoms with E-state index in [1.165, 1.54) is 47.2 Å². The lowest BCUT2D eigenvalue weighted by molar-refractivity contribution is 0.275. The molecule has 1 heterocycles. The number of rotatable bonds is 0. The number of benzene rings is 3. The Morgan fingerprint density at radius 2 is 1.36 bits per heavy atom. The molecule has 1 aromatic heterocycles. The van der Waals surface area contributed by atoms with Crippen molar-refractivity contribution in [2.24, 2.45) is 0 Å². The van der Waals surface area contributed by atoms with Crippen LogP contribution >= 0.6 is 7.82 Å². The molecule has 28 heavy (non-hydrogen) atoms. The molecule has 3 aromatic carbocycles. The zero-order chi connectivity index (χ0) is 20.0. The van der Waals surface area contributed by atoms with Crippen molar-refractivity contribution in [2.45, 2.75) is 25.7 Å². The van der Waals surface area contributed by atoms with E-state index in [0.29, 0.717) is 0 Å². The molecule has 146 valence electrons. The molecular formula is C22H23O5P. The highest BCUT2D eigenvalue weighted by Gasteiger charge is 2.13. The molecule has 0 fully saturated rings. The Hall–Kier alpha value is -2.43. The van der Waals surface area contributed by atoms with E-state index in [4.69, 9.17) is 19.2 Å². The van der Waals surface area contributed by atoms with E-state index < -0.39 is 7.82 Å². The molecule has 6 heteroatoms. The van der Waals surface area contributed by atoms with Crippen LogP contribution in [0.1, 0.15) is 24.0 Å². The molecule has 0 aliphatic heterocycles. The number of hydrogen-bond donors (Lipinski definition) is 3. The zero-order valence-electron chi connectivity index (χ0n) is 15.4. The van der Waals surface area contributed by atoms with E-state index in [1.807, 2.05) is 12.1 Å². The summed E-state index contributed by atoms with van der Waals surface area (Å²) in [6, 6.07) is 21.6. The molecule has 0 saturated carbocycles. The van der Waals surface area contributed by atoms with E-state index >= 15 is 0 Å². The highest BCUT2D eigenvalue weighted by molar-refractivity contribution is 7.45. The first kappa shape index (κ1) is 20.3. The molecule has 1 aliphatic rings. The summed E-state index contributed by atoms with van der Waals surface area (Å²) in [6.07, 6.45) is 8.47. The summed E-state index contributed by atoms with van der Waals surface area (Å²) in [5, 5.41) is 5.64. The SMILES string of the molecule is O=P(O)(O)O.c1ccc2c(c1)ccc1c3c(ccc12)CCCC3.c1ccoc1. The lowest BCUT2D eigenvalue weighted by Crippen LogP contribution is -2.02. The Bertz CT molecular complexity index is 1060. The minimum atomic E-state index is -4.64. The van der Waals surface area contributed by atoms with Crippen molar-refractivity contribution in [3.63, 3.8) is 0 Å². The van der Waals surface area contributed by atoms with Crippen LogP contribution < -0.4 is 0 Å². The van der Waals surface area contributed by atoms with Crippen LogP contribution in [0.2, 0.25) is 0 Å². The van der Waals surface area contributed by atoms with E-state index in [9.17, 15) is 0 Å². The maximum Gasteiger partial charge on any atom is 0.466 e. The van der Waals surface area contributed by atoms with Gasteiger partial charge in [0.1, 0.15) is 0 Å². The van der Waals surface area contributed by atoms with Gasteiger partial charge in [0.2, 0.25) is 0 Å². The average molecular weight is 398 g/mol. The summed E-state index contributed by atoms with van der Waals surface area (Å²) in [6.45, 7) is 0. The molecule has 0 unspecified atom stereocenters. The van der Waals surface area contributed by atoms with Crippen LogP contribution in [-0.2, 0) is 17.4 Å². The van der Waals surface area contributed by atoms with Crippen LogP contribution in [0.4, 0.5) is 0 Å². The molecule has 0 spiro atoms. The second-order valence-electron chi connectivity index (χ2n) is 6.60. The topological polar surface area (TPSA) is 90.9 Å². The van der Waals surface area contributed by atoms with Crippen LogP contribution in [-0.4, -0.2) is 14.7 Å². The van der Waals surface area contributed by atoms with Gasteiger partial charge in [0, 0.05) is 0 Å².